The van der Waals surface area contributed by atoms with E-state index in [-0.39, 0.29) is 5.41 Å². The Morgan fingerprint density at radius 2 is 2.29 bits per heavy atom. The van der Waals surface area contributed by atoms with Gasteiger partial charge in [-0.2, -0.15) is 4.98 Å². The fraction of sp³-hybridized carbons (Fsp3) is 0.778. The second-order valence-electron chi connectivity index (χ2n) is 3.57. The summed E-state index contributed by atoms with van der Waals surface area (Å²) in [5, 5.41) is 3.80. The number of nitrogens with two attached hydrogens (primary N) is 1. The Balaban J connectivity index is 2.84. The Labute approximate surface area is 83.6 Å². The molecular weight excluding hydrogens is 182 g/mol. The lowest BCUT2D eigenvalue weighted by atomic mass is 9.88. The molecule has 0 bridgehead atoms. The summed E-state index contributed by atoms with van der Waals surface area (Å²) in [5.74, 6) is 1.16. The van der Waals surface area contributed by atoms with Crippen LogP contribution in [0.25, 0.3) is 0 Å². The van der Waals surface area contributed by atoms with Gasteiger partial charge in [0, 0.05) is 13.7 Å². The highest BCUT2D eigenvalue weighted by molar-refractivity contribution is 5.03. The molecule has 0 aliphatic carbocycles. The summed E-state index contributed by atoms with van der Waals surface area (Å²) in [4.78, 5) is 4.23. The maximum Gasteiger partial charge on any atom is 0.233 e. The lowest BCUT2D eigenvalue weighted by Crippen LogP contribution is -2.31. The molecule has 1 rings (SSSR count). The molecule has 0 saturated heterocycles. The summed E-state index contributed by atoms with van der Waals surface area (Å²) in [5.41, 5.74) is 5.45. The van der Waals surface area contributed by atoms with Crippen LogP contribution in [0.1, 0.15) is 32.0 Å². The van der Waals surface area contributed by atoms with Crippen molar-refractivity contribution in [2.24, 2.45) is 5.73 Å². The van der Waals surface area contributed by atoms with E-state index in [1.54, 1.807) is 7.11 Å². The fourth-order valence-corrected chi connectivity index (χ4v) is 1.07. The summed E-state index contributed by atoms with van der Waals surface area (Å²) in [6.07, 6.45) is 0.873. The molecule has 0 radical (unpaired) electrons. The minimum atomic E-state index is -0.223. The highest BCUT2D eigenvalue weighted by atomic mass is 16.5. The van der Waals surface area contributed by atoms with Gasteiger partial charge in [-0.25, -0.2) is 0 Å². The summed E-state index contributed by atoms with van der Waals surface area (Å²) >= 11 is 0. The fourth-order valence-electron chi connectivity index (χ4n) is 1.07. The van der Waals surface area contributed by atoms with Crippen molar-refractivity contribution in [1.82, 2.24) is 10.1 Å². The number of methoxy groups -OCH3 is 1. The van der Waals surface area contributed by atoms with Gasteiger partial charge in [-0.1, -0.05) is 12.1 Å². The van der Waals surface area contributed by atoms with Crippen molar-refractivity contribution in [3.63, 3.8) is 0 Å². The molecule has 1 aromatic rings. The van der Waals surface area contributed by atoms with Gasteiger partial charge in [-0.05, 0) is 13.3 Å². The van der Waals surface area contributed by atoms with Gasteiger partial charge in [-0.3, -0.25) is 0 Å². The lowest BCUT2D eigenvalue weighted by molar-refractivity contribution is 0.174. The molecule has 0 aliphatic heterocycles. The Bertz CT molecular complexity index is 281. The van der Waals surface area contributed by atoms with E-state index >= 15 is 0 Å². The van der Waals surface area contributed by atoms with Gasteiger partial charge in [-0.15, -0.1) is 0 Å². The van der Waals surface area contributed by atoms with Gasteiger partial charge in [0.25, 0.3) is 0 Å². The predicted octanol–water partition coefficient (Wildman–Crippen LogP) is 0.842. The van der Waals surface area contributed by atoms with E-state index in [0.29, 0.717) is 24.9 Å². The minimum absolute atomic E-state index is 0.223. The number of rotatable bonds is 5. The molecule has 0 amide bonds. The smallest absolute Gasteiger partial charge is 0.233 e. The standard InChI is InChI=1S/C9H17N3O2/c1-4-9(2,6-10)8-11-7(5-13-3)12-14-8/h4-6,10H2,1-3H3. The highest BCUT2D eigenvalue weighted by Gasteiger charge is 2.29. The van der Waals surface area contributed by atoms with Gasteiger partial charge in [0.2, 0.25) is 5.89 Å². The van der Waals surface area contributed by atoms with Crippen LogP contribution in [0.3, 0.4) is 0 Å². The molecule has 5 nitrogen and oxygen atoms in total. The third-order valence-corrected chi connectivity index (χ3v) is 2.49. The van der Waals surface area contributed by atoms with Crippen molar-refractivity contribution in [1.29, 1.82) is 0 Å². The molecule has 0 aromatic carbocycles. The van der Waals surface area contributed by atoms with Crippen LogP contribution < -0.4 is 5.73 Å². The number of hydrogen-bond acceptors (Lipinski definition) is 5. The van der Waals surface area contributed by atoms with Gasteiger partial charge in [0.05, 0.1) is 5.41 Å². The predicted molar refractivity (Wildman–Crippen MR) is 51.7 cm³/mol. The van der Waals surface area contributed by atoms with Crippen LogP contribution in [0.5, 0.6) is 0 Å². The Hall–Kier alpha value is -0.940. The van der Waals surface area contributed by atoms with Crippen LogP contribution >= 0.6 is 0 Å². The number of nitrogens with zero attached hydrogens (tertiary/aromatic N) is 2. The number of ether oxygens (including phenoxy) is 1. The third-order valence-electron chi connectivity index (χ3n) is 2.49. The van der Waals surface area contributed by atoms with Crippen molar-refractivity contribution >= 4 is 0 Å². The lowest BCUT2D eigenvalue weighted by Gasteiger charge is -2.20. The van der Waals surface area contributed by atoms with E-state index in [4.69, 9.17) is 15.0 Å². The molecule has 80 valence electrons. The maximum absolute atomic E-state index is 5.67. The third kappa shape index (κ3) is 2.10. The Morgan fingerprint density at radius 1 is 1.57 bits per heavy atom. The van der Waals surface area contributed by atoms with Gasteiger partial charge in [0.1, 0.15) is 6.61 Å². The van der Waals surface area contributed by atoms with Crippen molar-refractivity contribution in [3.8, 4) is 0 Å². The Morgan fingerprint density at radius 3 is 2.79 bits per heavy atom. The molecule has 0 saturated carbocycles. The van der Waals surface area contributed by atoms with E-state index in [1.165, 1.54) is 0 Å². The van der Waals surface area contributed by atoms with E-state index in [1.807, 2.05) is 13.8 Å². The molecule has 1 atom stereocenters. The first-order valence-electron chi connectivity index (χ1n) is 4.68. The first-order valence-corrected chi connectivity index (χ1v) is 4.68. The van der Waals surface area contributed by atoms with Crippen molar-refractivity contribution < 1.29 is 9.26 Å². The van der Waals surface area contributed by atoms with E-state index < -0.39 is 0 Å². The van der Waals surface area contributed by atoms with Crippen molar-refractivity contribution in [2.45, 2.75) is 32.3 Å². The monoisotopic (exact) mass is 199 g/mol. The van der Waals surface area contributed by atoms with Crippen LogP contribution in [-0.4, -0.2) is 23.8 Å². The van der Waals surface area contributed by atoms with E-state index in [0.717, 1.165) is 6.42 Å². The first kappa shape index (κ1) is 11.1. The zero-order chi connectivity index (χ0) is 10.6. The van der Waals surface area contributed by atoms with Crippen molar-refractivity contribution in [2.75, 3.05) is 13.7 Å². The molecule has 14 heavy (non-hydrogen) atoms. The van der Waals surface area contributed by atoms with Crippen LogP contribution in [0, 0.1) is 0 Å². The molecule has 1 heterocycles. The SMILES string of the molecule is CCC(C)(CN)c1nc(COC)no1. The summed E-state index contributed by atoms with van der Waals surface area (Å²) in [7, 11) is 1.60. The summed E-state index contributed by atoms with van der Waals surface area (Å²) in [6.45, 7) is 4.93. The normalized spacial score (nSPS) is 15.4. The quantitative estimate of drug-likeness (QED) is 0.760. The van der Waals surface area contributed by atoms with Crippen molar-refractivity contribution in [3.05, 3.63) is 11.7 Å². The molecule has 0 aliphatic rings. The largest absolute Gasteiger partial charge is 0.377 e. The molecule has 5 heteroatoms. The molecule has 0 spiro atoms. The van der Waals surface area contributed by atoms with Gasteiger partial charge in [0.15, 0.2) is 5.82 Å². The van der Waals surface area contributed by atoms with Gasteiger partial charge < -0.3 is 15.0 Å². The van der Waals surface area contributed by atoms with Crippen LogP contribution in [0.15, 0.2) is 4.52 Å². The molecule has 1 aromatic heterocycles. The number of hydrogen-bond donors (Lipinski definition) is 1. The molecule has 0 fully saturated rings. The minimum Gasteiger partial charge on any atom is -0.377 e. The summed E-state index contributed by atoms with van der Waals surface area (Å²) < 4.78 is 10.0. The van der Waals surface area contributed by atoms with Crippen LogP contribution in [0.4, 0.5) is 0 Å². The molecular formula is C9H17N3O2. The van der Waals surface area contributed by atoms with Crippen LogP contribution in [0.2, 0.25) is 0 Å². The maximum atomic E-state index is 5.67. The van der Waals surface area contributed by atoms with E-state index in [2.05, 4.69) is 10.1 Å². The zero-order valence-corrected chi connectivity index (χ0v) is 8.91. The average Bonchev–Trinajstić information content (AvgIpc) is 2.66. The number of aromatic nitrogens is 2. The van der Waals surface area contributed by atoms with Crippen LogP contribution in [-0.2, 0) is 16.8 Å². The topological polar surface area (TPSA) is 74.2 Å². The zero-order valence-electron chi connectivity index (χ0n) is 8.91. The van der Waals surface area contributed by atoms with E-state index in [9.17, 15) is 0 Å². The second-order valence-corrected chi connectivity index (χ2v) is 3.57. The highest BCUT2D eigenvalue weighted by Crippen LogP contribution is 2.24. The second kappa shape index (κ2) is 4.52. The Kier molecular flexibility index (Phi) is 3.60. The average molecular weight is 199 g/mol. The summed E-state index contributed by atoms with van der Waals surface area (Å²) in [6, 6.07) is 0. The van der Waals surface area contributed by atoms with Gasteiger partial charge >= 0.3 is 0 Å². The first-order chi connectivity index (χ1) is 6.66. The molecule has 2 N–H and O–H groups in total. The molecule has 1 unspecified atom stereocenters.